The maximum absolute atomic E-state index is 6.74. The van der Waals surface area contributed by atoms with Gasteiger partial charge in [0.25, 0.3) is 0 Å². The Morgan fingerprint density at radius 2 is 2.25 bits per heavy atom. The molecular weight excluding hydrogens is 152 g/mol. The Bertz CT molecular complexity index is 338. The second-order valence-electron chi connectivity index (χ2n) is 2.60. The topological polar surface area (TPSA) is 48.7 Å². The lowest BCUT2D eigenvalue weighted by atomic mass is 10.1. The summed E-state index contributed by atoms with van der Waals surface area (Å²) in [7, 11) is 0. The van der Waals surface area contributed by atoms with Gasteiger partial charge in [0.2, 0.25) is 0 Å². The molecule has 1 aliphatic rings. The number of epoxide rings is 1. The Kier molecular flexibility index (Phi) is 1.74. The first kappa shape index (κ1) is 7.22. The Hall–Kier alpha value is -1.44. The number of hydrogen-bond acceptors (Lipinski definition) is 3. The van der Waals surface area contributed by atoms with E-state index in [2.05, 4.69) is 4.99 Å². The largest absolute Gasteiger partial charge is 0.368 e. The van der Waals surface area contributed by atoms with E-state index in [4.69, 9.17) is 10.1 Å². The molecule has 0 bridgehead atoms. The maximum Gasteiger partial charge on any atom is 0.108 e. The van der Waals surface area contributed by atoms with Gasteiger partial charge in [-0.2, -0.15) is 4.99 Å². The van der Waals surface area contributed by atoms with E-state index in [1.54, 1.807) is 0 Å². The van der Waals surface area contributed by atoms with E-state index in [9.17, 15) is 0 Å². The zero-order valence-electron chi connectivity index (χ0n) is 6.45. The van der Waals surface area contributed by atoms with Crippen LogP contribution in [-0.2, 0) is 4.74 Å². The molecule has 0 amide bonds. The van der Waals surface area contributed by atoms with Crippen molar-refractivity contribution in [2.75, 3.05) is 6.61 Å². The van der Waals surface area contributed by atoms with Crippen LogP contribution in [0.5, 0.6) is 0 Å². The summed E-state index contributed by atoms with van der Waals surface area (Å²) in [5.41, 5.74) is 1.84. The molecule has 1 heterocycles. The average Bonchev–Trinajstić information content (AvgIpc) is 2.89. The molecular formula is C9H8N2O. The maximum atomic E-state index is 6.74. The third-order valence-electron chi connectivity index (χ3n) is 1.79. The van der Waals surface area contributed by atoms with Gasteiger partial charge in [0, 0.05) is 5.56 Å². The van der Waals surface area contributed by atoms with Gasteiger partial charge in [-0.25, -0.2) is 5.41 Å². The molecule has 0 aliphatic carbocycles. The van der Waals surface area contributed by atoms with Gasteiger partial charge in [-0.15, -0.1) is 0 Å². The molecule has 1 aromatic carbocycles. The van der Waals surface area contributed by atoms with Crippen molar-refractivity contribution in [2.24, 2.45) is 4.99 Å². The fraction of sp³-hybridized carbons (Fsp3) is 0.222. The van der Waals surface area contributed by atoms with Crippen molar-refractivity contribution in [1.29, 1.82) is 5.41 Å². The number of hydrogen-bond donors (Lipinski definition) is 1. The Morgan fingerprint density at radius 1 is 1.50 bits per heavy atom. The number of aliphatic imine (C=N–C) groups is 1. The van der Waals surface area contributed by atoms with Gasteiger partial charge in [-0.05, 0) is 6.07 Å². The normalized spacial score (nSPS) is 19.8. The molecule has 12 heavy (non-hydrogen) atoms. The average molecular weight is 160 g/mol. The molecule has 1 atom stereocenters. The van der Waals surface area contributed by atoms with E-state index in [0.29, 0.717) is 0 Å². The van der Waals surface area contributed by atoms with Crippen LogP contribution in [0, 0.1) is 5.41 Å². The van der Waals surface area contributed by atoms with Crippen LogP contribution >= 0.6 is 0 Å². The summed E-state index contributed by atoms with van der Waals surface area (Å²) in [5, 5.41) is 6.74. The Morgan fingerprint density at radius 3 is 2.92 bits per heavy atom. The minimum Gasteiger partial charge on any atom is -0.368 e. The molecule has 3 nitrogen and oxygen atoms in total. The van der Waals surface area contributed by atoms with Crippen molar-refractivity contribution in [2.45, 2.75) is 6.10 Å². The lowest BCUT2D eigenvalue weighted by molar-refractivity contribution is 0.416. The molecule has 1 aliphatic heterocycles. The smallest absolute Gasteiger partial charge is 0.108 e. The van der Waals surface area contributed by atoms with Crippen LogP contribution in [0.1, 0.15) is 11.7 Å². The highest BCUT2D eigenvalue weighted by Gasteiger charge is 2.26. The summed E-state index contributed by atoms with van der Waals surface area (Å²) in [6.07, 6.45) is 0.193. The SMILES string of the molecule is N=C=Nc1ccccc1C1CO1. The van der Waals surface area contributed by atoms with E-state index in [1.165, 1.54) is 0 Å². The highest BCUT2D eigenvalue weighted by atomic mass is 16.6. The van der Waals surface area contributed by atoms with Gasteiger partial charge in [0.1, 0.15) is 6.10 Å². The van der Waals surface area contributed by atoms with Crippen LogP contribution in [0.4, 0.5) is 5.69 Å². The molecule has 0 radical (unpaired) electrons. The quantitative estimate of drug-likeness (QED) is 0.523. The van der Waals surface area contributed by atoms with E-state index in [0.717, 1.165) is 17.9 Å². The predicted molar refractivity (Wildman–Crippen MR) is 44.9 cm³/mol. The van der Waals surface area contributed by atoms with E-state index in [-0.39, 0.29) is 6.10 Å². The van der Waals surface area contributed by atoms with Crippen LogP contribution in [0.15, 0.2) is 29.3 Å². The van der Waals surface area contributed by atoms with Crippen molar-refractivity contribution in [3.05, 3.63) is 29.8 Å². The zero-order valence-corrected chi connectivity index (χ0v) is 6.45. The Balaban J connectivity index is 2.42. The fourth-order valence-electron chi connectivity index (χ4n) is 1.15. The van der Waals surface area contributed by atoms with E-state index in [1.807, 2.05) is 30.3 Å². The van der Waals surface area contributed by atoms with Crippen LogP contribution in [0.3, 0.4) is 0 Å². The minimum absolute atomic E-state index is 0.193. The molecule has 1 saturated heterocycles. The predicted octanol–water partition coefficient (Wildman–Crippen LogP) is 2.14. The van der Waals surface area contributed by atoms with Crippen molar-refractivity contribution < 1.29 is 4.74 Å². The molecule has 0 spiro atoms. The molecule has 1 fully saturated rings. The summed E-state index contributed by atoms with van der Waals surface area (Å²) < 4.78 is 5.13. The van der Waals surface area contributed by atoms with Crippen LogP contribution in [0.25, 0.3) is 0 Å². The lowest BCUT2D eigenvalue weighted by Gasteiger charge is -1.98. The van der Waals surface area contributed by atoms with Crippen molar-refractivity contribution >= 4 is 11.7 Å². The molecule has 1 unspecified atom stereocenters. The summed E-state index contributed by atoms with van der Waals surface area (Å²) in [4.78, 5) is 3.80. The molecule has 1 aromatic rings. The first-order valence-electron chi connectivity index (χ1n) is 3.75. The standard InChI is InChI=1S/C9H8N2O/c10-6-11-8-4-2-1-3-7(8)9-5-12-9/h1-4,9-10H,5H2. The number of ether oxygens (including phenoxy) is 1. The molecule has 0 aromatic heterocycles. The number of nitrogens with one attached hydrogen (secondary N) is 1. The molecule has 3 heteroatoms. The monoisotopic (exact) mass is 160 g/mol. The Labute approximate surface area is 70.2 Å². The summed E-state index contributed by atoms with van der Waals surface area (Å²) in [6.45, 7) is 0.768. The first-order chi connectivity index (χ1) is 5.92. The van der Waals surface area contributed by atoms with Crippen LogP contribution < -0.4 is 0 Å². The summed E-state index contributed by atoms with van der Waals surface area (Å²) >= 11 is 0. The van der Waals surface area contributed by atoms with Gasteiger partial charge in [-0.3, -0.25) is 0 Å². The van der Waals surface area contributed by atoms with Crippen LogP contribution in [-0.4, -0.2) is 12.6 Å². The van der Waals surface area contributed by atoms with E-state index < -0.39 is 0 Å². The zero-order chi connectivity index (χ0) is 8.39. The molecule has 60 valence electrons. The third-order valence-corrected chi connectivity index (χ3v) is 1.79. The van der Waals surface area contributed by atoms with Gasteiger partial charge >= 0.3 is 0 Å². The number of para-hydroxylation sites is 1. The number of rotatable bonds is 2. The van der Waals surface area contributed by atoms with E-state index >= 15 is 0 Å². The molecule has 1 N–H and O–H groups in total. The number of nitrogens with zero attached hydrogens (tertiary/aromatic N) is 1. The summed E-state index contributed by atoms with van der Waals surface area (Å²) in [6, 6.07) is 9.69. The first-order valence-corrected chi connectivity index (χ1v) is 3.75. The summed E-state index contributed by atoms with van der Waals surface area (Å²) in [5.74, 6) is 0. The van der Waals surface area contributed by atoms with Crippen molar-refractivity contribution in [3.63, 3.8) is 0 Å². The second kappa shape index (κ2) is 2.89. The van der Waals surface area contributed by atoms with Gasteiger partial charge in [0.15, 0.2) is 0 Å². The van der Waals surface area contributed by atoms with Gasteiger partial charge < -0.3 is 4.74 Å². The molecule has 2 rings (SSSR count). The number of benzene rings is 1. The highest BCUT2D eigenvalue weighted by molar-refractivity contribution is 5.55. The highest BCUT2D eigenvalue weighted by Crippen LogP contribution is 2.35. The minimum atomic E-state index is 0.193. The van der Waals surface area contributed by atoms with Crippen molar-refractivity contribution in [1.82, 2.24) is 0 Å². The fourth-order valence-corrected chi connectivity index (χ4v) is 1.15. The third kappa shape index (κ3) is 1.28. The van der Waals surface area contributed by atoms with Gasteiger partial charge in [0.05, 0.1) is 18.3 Å². The van der Waals surface area contributed by atoms with Crippen molar-refractivity contribution in [3.8, 4) is 0 Å². The van der Waals surface area contributed by atoms with Crippen LogP contribution in [0.2, 0.25) is 0 Å². The second-order valence-corrected chi connectivity index (χ2v) is 2.60. The van der Waals surface area contributed by atoms with Gasteiger partial charge in [-0.1, -0.05) is 18.2 Å². The molecule has 0 saturated carbocycles. The lowest BCUT2D eigenvalue weighted by Crippen LogP contribution is -1.79.